The molecule has 0 aromatic rings. The van der Waals surface area contributed by atoms with Crippen molar-refractivity contribution in [3.8, 4) is 0 Å². The molecule has 1 saturated carbocycles. The lowest BCUT2D eigenvalue weighted by molar-refractivity contribution is -0.126. The van der Waals surface area contributed by atoms with Crippen LogP contribution < -0.4 is 5.32 Å². The van der Waals surface area contributed by atoms with Gasteiger partial charge in [-0.2, -0.15) is 0 Å². The van der Waals surface area contributed by atoms with Gasteiger partial charge in [-0.05, 0) is 24.7 Å². The minimum absolute atomic E-state index is 0.287. The van der Waals surface area contributed by atoms with Crippen LogP contribution in [-0.4, -0.2) is 12.5 Å². The van der Waals surface area contributed by atoms with Gasteiger partial charge in [-0.25, -0.2) is 0 Å². The summed E-state index contributed by atoms with van der Waals surface area (Å²) in [7, 11) is 0. The second-order valence-corrected chi connectivity index (χ2v) is 3.97. The third kappa shape index (κ3) is 0.746. The van der Waals surface area contributed by atoms with E-state index in [4.69, 9.17) is 0 Å². The predicted molar refractivity (Wildman–Crippen MR) is 38.5 cm³/mol. The molecule has 1 N–H and O–H groups in total. The number of rotatable bonds is 0. The summed E-state index contributed by atoms with van der Waals surface area (Å²) >= 11 is 0. The van der Waals surface area contributed by atoms with Crippen molar-refractivity contribution in [2.24, 2.45) is 11.3 Å². The first kappa shape index (κ1) is 6.20. The van der Waals surface area contributed by atoms with E-state index in [1.54, 1.807) is 0 Å². The highest BCUT2D eigenvalue weighted by Crippen LogP contribution is 2.43. The summed E-state index contributed by atoms with van der Waals surface area (Å²) in [5.74, 6) is 0.633. The van der Waals surface area contributed by atoms with E-state index < -0.39 is 0 Å². The minimum atomic E-state index is 0.287. The second-order valence-electron chi connectivity index (χ2n) is 3.97. The molecule has 0 spiro atoms. The molecule has 0 aromatic carbocycles. The van der Waals surface area contributed by atoms with Gasteiger partial charge in [0.15, 0.2) is 0 Å². The van der Waals surface area contributed by atoms with Crippen LogP contribution >= 0.6 is 0 Å². The van der Waals surface area contributed by atoms with E-state index in [9.17, 15) is 4.79 Å². The van der Waals surface area contributed by atoms with Crippen molar-refractivity contribution in [3.63, 3.8) is 0 Å². The van der Waals surface area contributed by atoms with E-state index in [0.29, 0.717) is 11.3 Å². The van der Waals surface area contributed by atoms with E-state index in [2.05, 4.69) is 12.2 Å². The Morgan fingerprint density at radius 3 is 3.20 bits per heavy atom. The quantitative estimate of drug-likeness (QED) is 0.531. The largest absolute Gasteiger partial charge is 0.355 e. The molecular weight excluding hydrogens is 126 g/mol. The fourth-order valence-electron chi connectivity index (χ4n) is 2.15. The Morgan fingerprint density at radius 1 is 1.70 bits per heavy atom. The molecule has 2 rings (SSSR count). The zero-order valence-electron chi connectivity index (χ0n) is 6.31. The Kier molecular flexibility index (Phi) is 1.08. The van der Waals surface area contributed by atoms with Crippen LogP contribution in [0.5, 0.6) is 0 Å². The predicted octanol–water partition coefficient (Wildman–Crippen LogP) is 0.923. The van der Waals surface area contributed by atoms with Crippen LogP contribution in [0, 0.1) is 11.3 Å². The van der Waals surface area contributed by atoms with Crippen LogP contribution in [0.3, 0.4) is 0 Å². The highest BCUT2D eigenvalue weighted by molar-refractivity contribution is 5.80. The Bertz CT molecular complexity index is 178. The fourth-order valence-corrected chi connectivity index (χ4v) is 2.15. The van der Waals surface area contributed by atoms with E-state index >= 15 is 0 Å². The lowest BCUT2D eigenvalue weighted by Crippen LogP contribution is -2.41. The van der Waals surface area contributed by atoms with Gasteiger partial charge in [-0.1, -0.05) is 6.92 Å². The number of nitrogens with one attached hydrogen (secondary N) is 1. The standard InChI is InChI=1S/C8H13NO/c1-8-3-2-6(4-8)7(10)9-5-8/h6H,2-5H2,1H3,(H,9,10). The van der Waals surface area contributed by atoms with Crippen LogP contribution in [0.25, 0.3) is 0 Å². The van der Waals surface area contributed by atoms with Gasteiger partial charge in [-0.3, -0.25) is 4.79 Å². The van der Waals surface area contributed by atoms with Crippen molar-refractivity contribution in [1.29, 1.82) is 0 Å². The molecule has 1 aliphatic carbocycles. The van der Waals surface area contributed by atoms with Gasteiger partial charge in [0, 0.05) is 12.5 Å². The molecule has 2 atom stereocenters. The molecule has 2 aliphatic rings. The minimum Gasteiger partial charge on any atom is -0.355 e. The van der Waals surface area contributed by atoms with Crippen molar-refractivity contribution >= 4 is 5.91 Å². The maximum absolute atomic E-state index is 11.1. The number of hydrogen-bond donors (Lipinski definition) is 1. The number of carbonyl (C=O) groups excluding carboxylic acids is 1. The summed E-state index contributed by atoms with van der Waals surface area (Å²) in [6.07, 6.45) is 3.47. The number of hydrogen-bond acceptors (Lipinski definition) is 1. The monoisotopic (exact) mass is 139 g/mol. The molecule has 2 fully saturated rings. The molecule has 56 valence electrons. The molecule has 1 heterocycles. The summed E-state index contributed by atoms with van der Waals surface area (Å²) in [6.45, 7) is 3.18. The van der Waals surface area contributed by atoms with Crippen molar-refractivity contribution in [1.82, 2.24) is 5.32 Å². The van der Waals surface area contributed by atoms with Crippen LogP contribution in [0.15, 0.2) is 0 Å². The molecule has 0 aromatic heterocycles. The molecular formula is C8H13NO. The van der Waals surface area contributed by atoms with Gasteiger partial charge in [0.1, 0.15) is 0 Å². The maximum atomic E-state index is 11.1. The number of carbonyl (C=O) groups is 1. The van der Waals surface area contributed by atoms with E-state index in [-0.39, 0.29) is 5.91 Å². The van der Waals surface area contributed by atoms with E-state index in [1.165, 1.54) is 6.42 Å². The van der Waals surface area contributed by atoms with Crippen LogP contribution in [-0.2, 0) is 4.79 Å². The summed E-state index contributed by atoms with van der Waals surface area (Å²) in [4.78, 5) is 11.1. The first-order valence-electron chi connectivity index (χ1n) is 3.97. The topological polar surface area (TPSA) is 29.1 Å². The molecule has 1 amide bonds. The first-order chi connectivity index (χ1) is 4.70. The zero-order chi connectivity index (χ0) is 7.19. The molecule has 0 radical (unpaired) electrons. The molecule has 2 heteroatoms. The lowest BCUT2D eigenvalue weighted by Gasteiger charge is -2.28. The molecule has 2 unspecified atom stereocenters. The van der Waals surface area contributed by atoms with Crippen LogP contribution in [0.4, 0.5) is 0 Å². The average Bonchev–Trinajstić information content (AvgIpc) is 2.23. The second kappa shape index (κ2) is 1.74. The molecule has 2 bridgehead atoms. The molecule has 2 nitrogen and oxygen atoms in total. The van der Waals surface area contributed by atoms with Crippen molar-refractivity contribution in [2.45, 2.75) is 26.2 Å². The van der Waals surface area contributed by atoms with Crippen LogP contribution in [0.1, 0.15) is 26.2 Å². The normalized spacial score (nSPS) is 45.3. The SMILES string of the molecule is CC12CCC(C1)C(=O)NC2. The zero-order valence-corrected chi connectivity index (χ0v) is 6.31. The number of piperidine rings is 1. The summed E-state index contributed by atoms with van der Waals surface area (Å²) in [5, 5.41) is 2.95. The highest BCUT2D eigenvalue weighted by Gasteiger charge is 2.42. The summed E-state index contributed by atoms with van der Waals surface area (Å²) in [6, 6.07) is 0. The van der Waals surface area contributed by atoms with Gasteiger partial charge in [0.2, 0.25) is 5.91 Å². The van der Waals surface area contributed by atoms with Crippen molar-refractivity contribution < 1.29 is 4.79 Å². The number of amides is 1. The Labute approximate surface area is 61.0 Å². The van der Waals surface area contributed by atoms with Gasteiger partial charge in [0.05, 0.1) is 0 Å². The maximum Gasteiger partial charge on any atom is 0.223 e. The van der Waals surface area contributed by atoms with Crippen LogP contribution in [0.2, 0.25) is 0 Å². The van der Waals surface area contributed by atoms with Crippen molar-refractivity contribution in [2.75, 3.05) is 6.54 Å². The highest BCUT2D eigenvalue weighted by atomic mass is 16.2. The Hall–Kier alpha value is -0.530. The van der Waals surface area contributed by atoms with E-state index in [1.807, 2.05) is 0 Å². The molecule has 1 aliphatic heterocycles. The fraction of sp³-hybridized carbons (Fsp3) is 0.875. The van der Waals surface area contributed by atoms with E-state index in [0.717, 1.165) is 19.4 Å². The Morgan fingerprint density at radius 2 is 2.50 bits per heavy atom. The average molecular weight is 139 g/mol. The molecule has 10 heavy (non-hydrogen) atoms. The first-order valence-corrected chi connectivity index (χ1v) is 3.97. The number of fused-ring (bicyclic) bond motifs is 2. The third-order valence-electron chi connectivity index (χ3n) is 2.90. The Balaban J connectivity index is 2.20. The third-order valence-corrected chi connectivity index (χ3v) is 2.90. The summed E-state index contributed by atoms with van der Waals surface area (Å²) < 4.78 is 0. The van der Waals surface area contributed by atoms with Gasteiger partial charge in [0.25, 0.3) is 0 Å². The lowest BCUT2D eigenvalue weighted by atomic mass is 9.85. The van der Waals surface area contributed by atoms with Gasteiger partial charge >= 0.3 is 0 Å². The molecule has 1 saturated heterocycles. The van der Waals surface area contributed by atoms with Gasteiger partial charge < -0.3 is 5.32 Å². The van der Waals surface area contributed by atoms with Crippen molar-refractivity contribution in [3.05, 3.63) is 0 Å². The summed E-state index contributed by atoms with van der Waals surface area (Å²) in [5.41, 5.74) is 0.443. The van der Waals surface area contributed by atoms with Gasteiger partial charge in [-0.15, -0.1) is 0 Å². The smallest absolute Gasteiger partial charge is 0.223 e.